The van der Waals surface area contributed by atoms with Crippen molar-refractivity contribution in [1.29, 1.82) is 0 Å². The smallest absolute Gasteiger partial charge is 0.408 e. The zero-order valence-corrected chi connectivity index (χ0v) is 45.2. The molecule has 2 amide bonds. The SMILES string of the molecule is C/C(N)=C/N(N)CCOCCOCCOCCOc1ccc(CCOC2CC(O)CC(CO)O2)cc1.CC(C)(C)OC(=O)NCC=O.CN.Cc1ccc(-c2c3ccc(=O)cc-3oc3cc(O)ccc23)c(C(=O)O)c1.NC=O. The van der Waals surface area contributed by atoms with Crippen LogP contribution in [0.2, 0.25) is 0 Å². The van der Waals surface area contributed by atoms with Crippen molar-refractivity contribution < 1.29 is 77.2 Å². The average Bonchev–Trinajstić information content (AvgIpc) is 3.50. The van der Waals surface area contributed by atoms with Crippen molar-refractivity contribution in [1.82, 2.24) is 10.3 Å². The first-order valence-corrected chi connectivity index (χ1v) is 24.9. The fraction of sp³-hybridized carbons (Fsp3) is 0.436. The van der Waals surface area contributed by atoms with Crippen LogP contribution in [0, 0.1) is 6.92 Å². The minimum atomic E-state index is -1.04. The predicted octanol–water partition coefficient (Wildman–Crippen LogP) is 4.19. The van der Waals surface area contributed by atoms with E-state index in [0.29, 0.717) is 124 Å². The number of carboxylic acids is 1. The largest absolute Gasteiger partial charge is 0.508 e. The topological polar surface area (TPSA) is 363 Å². The first-order chi connectivity index (χ1) is 37.3. The number of carbonyl (C=O) groups excluding carboxylic acids is 3. The van der Waals surface area contributed by atoms with Crippen molar-refractivity contribution in [2.75, 3.05) is 79.6 Å². The number of aliphatic hydroxyl groups is 2. The molecule has 3 atom stereocenters. The first-order valence-electron chi connectivity index (χ1n) is 24.9. The number of hydrogen-bond donors (Lipinski definition) is 9. The highest BCUT2D eigenvalue weighted by molar-refractivity contribution is 6.07. The maximum absolute atomic E-state index is 11.8. The molecule has 3 aromatic carbocycles. The molecule has 23 heteroatoms. The highest BCUT2D eigenvalue weighted by atomic mass is 16.7. The fourth-order valence-electron chi connectivity index (χ4n) is 7.13. The van der Waals surface area contributed by atoms with Crippen molar-refractivity contribution in [2.24, 2.45) is 23.0 Å². The lowest BCUT2D eigenvalue weighted by Gasteiger charge is -2.32. The number of fused-ring (bicyclic) bond motifs is 2. The van der Waals surface area contributed by atoms with E-state index in [1.165, 1.54) is 36.3 Å². The minimum absolute atomic E-state index is 0.00505. The highest BCUT2D eigenvalue weighted by Crippen LogP contribution is 2.42. The van der Waals surface area contributed by atoms with E-state index in [1.54, 1.807) is 58.2 Å². The number of allylic oxidation sites excluding steroid dienone is 1. The Morgan fingerprint density at radius 2 is 1.49 bits per heavy atom. The van der Waals surface area contributed by atoms with E-state index in [0.717, 1.165) is 16.9 Å². The van der Waals surface area contributed by atoms with Crippen LogP contribution in [0.1, 0.15) is 62.0 Å². The molecule has 3 aromatic rings. The Morgan fingerprint density at radius 1 is 0.859 bits per heavy atom. The van der Waals surface area contributed by atoms with E-state index >= 15 is 0 Å². The summed E-state index contributed by atoms with van der Waals surface area (Å²) < 4.78 is 44.0. The van der Waals surface area contributed by atoms with Gasteiger partial charge in [-0.05, 0) is 102 Å². The number of carboxylic acid groups (broad SMARTS) is 1. The third-order valence-corrected chi connectivity index (χ3v) is 10.3. The number of aromatic hydroxyl groups is 1. The summed E-state index contributed by atoms with van der Waals surface area (Å²) in [5.41, 5.74) is 18.4. The van der Waals surface area contributed by atoms with Crippen molar-refractivity contribution in [3.05, 3.63) is 118 Å². The number of phenolic OH excluding ortho intramolecular Hbond substituents is 1. The van der Waals surface area contributed by atoms with Crippen LogP contribution in [0.4, 0.5) is 4.79 Å². The number of benzene rings is 4. The summed E-state index contributed by atoms with van der Waals surface area (Å²) in [6.45, 7) is 13.2. The molecule has 0 saturated carbocycles. The van der Waals surface area contributed by atoms with Gasteiger partial charge in [-0.3, -0.25) is 9.59 Å². The van der Waals surface area contributed by atoms with Crippen molar-refractivity contribution in [2.45, 2.75) is 78.0 Å². The molecule has 23 nitrogen and oxygen atoms in total. The summed E-state index contributed by atoms with van der Waals surface area (Å²) >= 11 is 0. The highest BCUT2D eigenvalue weighted by Gasteiger charge is 2.28. The average molecular weight is 1100 g/mol. The molecular formula is C55H78N6O17. The zero-order valence-electron chi connectivity index (χ0n) is 45.2. The summed E-state index contributed by atoms with van der Waals surface area (Å²) in [6, 6.07) is 22.1. The van der Waals surface area contributed by atoms with Gasteiger partial charge >= 0.3 is 12.1 Å². The number of nitrogens with zero attached hydrogens (tertiary/aromatic N) is 1. The van der Waals surface area contributed by atoms with Gasteiger partial charge in [0.1, 0.15) is 41.3 Å². The number of amides is 2. The number of alkyl carbamates (subject to hydrolysis) is 1. The van der Waals surface area contributed by atoms with Crippen LogP contribution >= 0.6 is 0 Å². The van der Waals surface area contributed by atoms with Crippen LogP contribution in [0.5, 0.6) is 11.5 Å². The third-order valence-electron chi connectivity index (χ3n) is 10.3. The van der Waals surface area contributed by atoms with Crippen molar-refractivity contribution >= 4 is 35.7 Å². The van der Waals surface area contributed by atoms with Gasteiger partial charge in [0.15, 0.2) is 11.7 Å². The lowest BCUT2D eigenvalue weighted by Crippen LogP contribution is -2.39. The summed E-state index contributed by atoms with van der Waals surface area (Å²) in [5.74, 6) is 5.80. The second kappa shape index (κ2) is 36.8. The Kier molecular flexibility index (Phi) is 31.5. The number of primary amides is 1. The molecule has 2 aliphatic heterocycles. The monoisotopic (exact) mass is 1090 g/mol. The minimum Gasteiger partial charge on any atom is -0.508 e. The molecule has 0 spiro atoms. The lowest BCUT2D eigenvalue weighted by molar-refractivity contribution is -0.221. The van der Waals surface area contributed by atoms with E-state index < -0.39 is 30.1 Å². The van der Waals surface area contributed by atoms with Crippen molar-refractivity contribution in [3.8, 4) is 33.9 Å². The molecule has 430 valence electrons. The molecule has 6 rings (SSSR count). The number of aldehydes is 1. The summed E-state index contributed by atoms with van der Waals surface area (Å²) in [4.78, 5) is 52.7. The molecule has 0 radical (unpaired) electrons. The second-order valence-electron chi connectivity index (χ2n) is 17.9. The van der Waals surface area contributed by atoms with Gasteiger partial charge in [0.2, 0.25) is 6.41 Å². The van der Waals surface area contributed by atoms with Crippen molar-refractivity contribution in [3.63, 3.8) is 0 Å². The number of rotatable bonds is 23. The molecular weight excluding hydrogens is 1020 g/mol. The zero-order chi connectivity index (χ0) is 58.0. The number of phenols is 1. The van der Waals surface area contributed by atoms with Gasteiger partial charge in [-0.2, -0.15) is 0 Å². The number of ether oxygens (including phenoxy) is 7. The van der Waals surface area contributed by atoms with Gasteiger partial charge in [-0.15, -0.1) is 0 Å². The number of nitrogens with two attached hydrogens (primary N) is 4. The molecule has 2 heterocycles. The van der Waals surface area contributed by atoms with Crippen LogP contribution in [0.15, 0.2) is 100.0 Å². The number of carbonyl (C=O) groups is 4. The Labute approximate surface area is 454 Å². The number of hydrazine groups is 1. The number of aryl methyl sites for hydroxylation is 1. The summed E-state index contributed by atoms with van der Waals surface area (Å²) in [6.07, 6.45) is 2.17. The van der Waals surface area contributed by atoms with Gasteiger partial charge in [0.25, 0.3) is 0 Å². The molecule has 3 aliphatic rings. The van der Waals surface area contributed by atoms with Crippen LogP contribution in [-0.4, -0.2) is 154 Å². The molecule has 3 unspecified atom stereocenters. The molecule has 1 aliphatic carbocycles. The molecule has 1 saturated heterocycles. The Morgan fingerprint density at radius 3 is 2.09 bits per heavy atom. The maximum atomic E-state index is 11.8. The fourth-order valence-corrected chi connectivity index (χ4v) is 7.13. The van der Waals surface area contributed by atoms with E-state index in [4.69, 9.17) is 53.9 Å². The van der Waals surface area contributed by atoms with Gasteiger partial charge < -0.3 is 90.3 Å². The number of hydrogen-bond acceptors (Lipinski definition) is 20. The predicted molar refractivity (Wildman–Crippen MR) is 292 cm³/mol. The standard InChI is InChI=1S/C25H43N3O8.C21H14O5.C7H13NO3.CH3NO.CH5N/c1-20(26)18-28(27)7-9-31-10-11-32-12-13-33-14-15-34-23-4-2-21(3-5-23)6-8-35-25-17-22(30)16-24(19-29)36-25;1-11-2-5-14(17(8-11)21(24)25)20-15-6-3-12(22)9-18(15)26-19-10-13(23)4-7-16(19)20;1-7(2,3)11-6(10)8-4-5-9;2-1-3;1-2/h2-5,18,22,24-25,29-30H,6-17,19,26-27H2,1H3;2-10,22H,1H3,(H,24,25);5H,4H2,1-3H3,(H,8,10);1H,(H2,2,3);2H2,1H3/b20-18-;;;;. The van der Waals surface area contributed by atoms with E-state index in [9.17, 15) is 39.6 Å². The van der Waals surface area contributed by atoms with Crippen LogP contribution < -0.4 is 38.5 Å². The molecule has 78 heavy (non-hydrogen) atoms. The first kappa shape index (κ1) is 66.9. The van der Waals surface area contributed by atoms with E-state index in [2.05, 4.69) is 16.8 Å². The molecule has 1 fully saturated rings. The Hall–Kier alpha value is -7.19. The number of aromatic carboxylic acids is 1. The van der Waals surface area contributed by atoms with Gasteiger partial charge in [-0.1, -0.05) is 29.8 Å². The molecule has 0 aromatic heterocycles. The van der Waals surface area contributed by atoms with Gasteiger partial charge in [-0.25, -0.2) is 15.4 Å². The Bertz CT molecular complexity index is 2600. The summed E-state index contributed by atoms with van der Waals surface area (Å²) in [5, 5.41) is 42.9. The Balaban J connectivity index is 0.000000429. The van der Waals surface area contributed by atoms with E-state index in [-0.39, 0.29) is 42.4 Å². The van der Waals surface area contributed by atoms with Gasteiger partial charge in [0, 0.05) is 53.4 Å². The number of nitrogens with one attached hydrogen (secondary N) is 1. The maximum Gasteiger partial charge on any atom is 0.408 e. The summed E-state index contributed by atoms with van der Waals surface area (Å²) in [7, 11) is 1.50. The number of aliphatic hydroxyl groups excluding tert-OH is 2. The lowest BCUT2D eigenvalue weighted by atomic mass is 9.90. The normalized spacial score (nSPS) is 14.8. The quantitative estimate of drug-likeness (QED) is 0.0145. The van der Waals surface area contributed by atoms with E-state index in [1.807, 2.05) is 37.3 Å². The second-order valence-corrected chi connectivity index (χ2v) is 17.9. The van der Waals surface area contributed by atoms with Crippen LogP contribution in [0.25, 0.3) is 33.4 Å². The molecule has 0 bridgehead atoms. The van der Waals surface area contributed by atoms with Crippen LogP contribution in [0.3, 0.4) is 0 Å². The molecule has 13 N–H and O–H groups in total. The van der Waals surface area contributed by atoms with Crippen LogP contribution in [-0.2, 0) is 44.4 Å². The van der Waals surface area contributed by atoms with Gasteiger partial charge in [0.05, 0.1) is 83.7 Å². The third kappa shape index (κ3) is 26.2.